The van der Waals surface area contributed by atoms with Crippen LogP contribution >= 0.6 is 0 Å². The Kier molecular flexibility index (Phi) is 2.62. The first-order valence-corrected chi connectivity index (χ1v) is 7.99. The van der Waals surface area contributed by atoms with Gasteiger partial charge in [-0.2, -0.15) is 4.57 Å². The quantitative estimate of drug-likeness (QED) is 0.390. The summed E-state index contributed by atoms with van der Waals surface area (Å²) in [7, 11) is 0. The van der Waals surface area contributed by atoms with E-state index in [-0.39, 0.29) is 0 Å². The number of pyridine rings is 1. The van der Waals surface area contributed by atoms with Crippen LogP contribution in [0.1, 0.15) is 5.56 Å². The second kappa shape index (κ2) is 4.79. The van der Waals surface area contributed by atoms with Gasteiger partial charge >= 0.3 is 0 Å². The first-order chi connectivity index (χ1) is 11.4. The molecule has 0 atom stereocenters. The van der Waals surface area contributed by atoms with Crippen molar-refractivity contribution in [2.24, 2.45) is 0 Å². The van der Waals surface area contributed by atoms with Gasteiger partial charge in [-0.15, -0.1) is 0 Å². The monoisotopic (exact) mass is 294 g/mol. The second-order valence-electron chi connectivity index (χ2n) is 6.15. The summed E-state index contributed by atoms with van der Waals surface area (Å²) in [6, 6.07) is 28.3. The van der Waals surface area contributed by atoms with E-state index in [1.54, 1.807) is 0 Å². The van der Waals surface area contributed by atoms with Gasteiger partial charge in [-0.05, 0) is 28.6 Å². The second-order valence-corrected chi connectivity index (χ2v) is 6.15. The molecule has 3 aromatic carbocycles. The summed E-state index contributed by atoms with van der Waals surface area (Å²) >= 11 is 0. The molecule has 1 aromatic heterocycles. The average molecular weight is 294 g/mol. The molecule has 23 heavy (non-hydrogen) atoms. The number of hydrogen-bond donors (Lipinski definition) is 0. The van der Waals surface area contributed by atoms with Gasteiger partial charge in [0.2, 0.25) is 5.69 Å². The van der Waals surface area contributed by atoms with Crippen LogP contribution in [-0.2, 0) is 6.54 Å². The summed E-state index contributed by atoms with van der Waals surface area (Å²) in [5.41, 5.74) is 6.63. The van der Waals surface area contributed by atoms with Gasteiger partial charge in [-0.25, -0.2) is 0 Å². The number of aromatic nitrogens is 1. The van der Waals surface area contributed by atoms with E-state index >= 15 is 0 Å². The Labute approximate surface area is 135 Å². The van der Waals surface area contributed by atoms with E-state index in [1.165, 1.54) is 38.7 Å². The molecular weight excluding hydrogens is 278 g/mol. The van der Waals surface area contributed by atoms with Crippen molar-refractivity contribution in [2.45, 2.75) is 6.54 Å². The first-order valence-electron chi connectivity index (χ1n) is 7.99. The highest BCUT2D eigenvalue weighted by atomic mass is 15.0. The van der Waals surface area contributed by atoms with Crippen molar-refractivity contribution in [3.8, 4) is 22.4 Å². The Morgan fingerprint density at radius 2 is 1.43 bits per heavy atom. The lowest BCUT2D eigenvalue weighted by Gasteiger charge is -2.03. The van der Waals surface area contributed by atoms with E-state index in [1.807, 2.05) is 0 Å². The number of fused-ring (bicyclic) bond motifs is 4. The minimum absolute atomic E-state index is 0.963. The van der Waals surface area contributed by atoms with Gasteiger partial charge in [0.15, 0.2) is 12.7 Å². The third kappa shape index (κ3) is 1.97. The predicted molar refractivity (Wildman–Crippen MR) is 94.1 cm³/mol. The molecule has 1 nitrogen and oxygen atoms in total. The van der Waals surface area contributed by atoms with Gasteiger partial charge in [0.25, 0.3) is 0 Å². The third-order valence-corrected chi connectivity index (χ3v) is 4.73. The van der Waals surface area contributed by atoms with E-state index < -0.39 is 0 Å². The highest BCUT2D eigenvalue weighted by Crippen LogP contribution is 2.32. The van der Waals surface area contributed by atoms with Crippen molar-refractivity contribution in [3.05, 3.63) is 90.6 Å². The number of hydrogen-bond acceptors (Lipinski definition) is 0. The number of rotatable bonds is 1. The topological polar surface area (TPSA) is 3.88 Å². The molecule has 0 aliphatic carbocycles. The summed E-state index contributed by atoms with van der Waals surface area (Å²) in [6.45, 7) is 0.963. The highest BCUT2D eigenvalue weighted by Gasteiger charge is 2.26. The van der Waals surface area contributed by atoms with Crippen LogP contribution in [-0.4, -0.2) is 0 Å². The molecule has 0 fully saturated rings. The molecule has 0 radical (unpaired) electrons. The lowest BCUT2D eigenvalue weighted by Crippen LogP contribution is -2.31. The van der Waals surface area contributed by atoms with Crippen molar-refractivity contribution in [1.29, 1.82) is 0 Å². The van der Waals surface area contributed by atoms with Crippen LogP contribution in [0.25, 0.3) is 33.2 Å². The molecule has 108 valence electrons. The van der Waals surface area contributed by atoms with Crippen LogP contribution in [0.2, 0.25) is 0 Å². The van der Waals surface area contributed by atoms with Gasteiger partial charge in [0.1, 0.15) is 0 Å². The molecule has 4 aromatic rings. The average Bonchev–Trinajstić information content (AvgIpc) is 2.97. The van der Waals surface area contributed by atoms with Crippen LogP contribution in [0.5, 0.6) is 0 Å². The van der Waals surface area contributed by atoms with Crippen LogP contribution in [0.15, 0.2) is 85.1 Å². The fraction of sp³-hybridized carbons (Fsp3) is 0.0455. The Morgan fingerprint density at radius 3 is 2.30 bits per heavy atom. The molecule has 1 aliphatic heterocycles. The zero-order valence-corrected chi connectivity index (χ0v) is 12.7. The summed E-state index contributed by atoms with van der Waals surface area (Å²) < 4.78 is 2.36. The Bertz CT molecular complexity index is 1030. The summed E-state index contributed by atoms with van der Waals surface area (Å²) in [5, 5.41) is 2.60. The molecule has 0 saturated heterocycles. The molecule has 0 unspecified atom stereocenters. The maximum absolute atomic E-state index is 2.36. The largest absolute Gasteiger partial charge is 0.213 e. The summed E-state index contributed by atoms with van der Waals surface area (Å²) in [5.74, 6) is 0. The van der Waals surface area contributed by atoms with Crippen molar-refractivity contribution < 1.29 is 4.57 Å². The van der Waals surface area contributed by atoms with Crippen molar-refractivity contribution in [1.82, 2.24) is 0 Å². The van der Waals surface area contributed by atoms with Crippen molar-refractivity contribution in [2.75, 3.05) is 0 Å². The molecule has 0 spiro atoms. The van der Waals surface area contributed by atoms with E-state index in [9.17, 15) is 0 Å². The van der Waals surface area contributed by atoms with E-state index in [0.717, 1.165) is 6.54 Å². The van der Waals surface area contributed by atoms with Crippen LogP contribution in [0, 0.1) is 0 Å². The standard InChI is InChI=1S/C22H16N/c1-2-6-16(7-3-1)18-10-11-20-15-23-14-19-9-5-4-8-17(19)13-22(23)21(20)12-18/h1-14H,15H2/q+1. The van der Waals surface area contributed by atoms with Crippen LogP contribution in [0.3, 0.4) is 0 Å². The van der Waals surface area contributed by atoms with Crippen molar-refractivity contribution in [3.63, 3.8) is 0 Å². The third-order valence-electron chi connectivity index (χ3n) is 4.73. The van der Waals surface area contributed by atoms with E-state index in [0.29, 0.717) is 0 Å². The van der Waals surface area contributed by atoms with Gasteiger partial charge < -0.3 is 0 Å². The first kappa shape index (κ1) is 12.6. The van der Waals surface area contributed by atoms with Crippen LogP contribution < -0.4 is 4.57 Å². The van der Waals surface area contributed by atoms with Crippen molar-refractivity contribution >= 4 is 10.8 Å². The Balaban J connectivity index is 1.71. The molecular formula is C22H16N+. The number of nitrogens with zero attached hydrogens (tertiary/aromatic N) is 1. The van der Waals surface area contributed by atoms with Crippen LogP contribution in [0.4, 0.5) is 0 Å². The molecule has 0 saturated carbocycles. The molecule has 2 heterocycles. The van der Waals surface area contributed by atoms with Gasteiger partial charge in [-0.3, -0.25) is 0 Å². The normalized spacial score (nSPS) is 12.2. The fourth-order valence-electron chi connectivity index (χ4n) is 3.54. The Hall–Kier alpha value is -2.93. The Morgan fingerprint density at radius 1 is 0.652 bits per heavy atom. The highest BCUT2D eigenvalue weighted by molar-refractivity contribution is 5.85. The maximum Gasteiger partial charge on any atom is 0.213 e. The van der Waals surface area contributed by atoms with Gasteiger partial charge in [0.05, 0.1) is 5.56 Å². The molecule has 1 heteroatoms. The molecule has 0 bridgehead atoms. The minimum atomic E-state index is 0.963. The molecule has 0 N–H and O–H groups in total. The van der Waals surface area contributed by atoms with Gasteiger partial charge in [0, 0.05) is 17.0 Å². The zero-order chi connectivity index (χ0) is 15.2. The SMILES string of the molecule is c1ccc(-c2ccc3c(c2)-c2cc4ccccc4c[n+]2C3)cc1. The zero-order valence-electron chi connectivity index (χ0n) is 12.7. The van der Waals surface area contributed by atoms with E-state index in [4.69, 9.17) is 0 Å². The predicted octanol–water partition coefficient (Wildman–Crippen LogP) is 4.82. The van der Waals surface area contributed by atoms with Gasteiger partial charge in [-0.1, -0.05) is 60.7 Å². The molecule has 5 rings (SSSR count). The minimum Gasteiger partial charge on any atom is -0.193 e. The fourth-order valence-corrected chi connectivity index (χ4v) is 3.54. The lowest BCUT2D eigenvalue weighted by atomic mass is 9.98. The van der Waals surface area contributed by atoms with E-state index in [2.05, 4.69) is 89.6 Å². The maximum atomic E-state index is 2.36. The molecule has 0 amide bonds. The molecule has 1 aliphatic rings. The number of benzene rings is 3. The lowest BCUT2D eigenvalue weighted by molar-refractivity contribution is -0.670. The summed E-state index contributed by atoms with van der Waals surface area (Å²) in [6.07, 6.45) is 2.27. The smallest absolute Gasteiger partial charge is 0.193 e. The summed E-state index contributed by atoms with van der Waals surface area (Å²) in [4.78, 5) is 0.